The first-order valence-corrected chi connectivity index (χ1v) is 9.05. The molecule has 0 saturated heterocycles. The van der Waals surface area contributed by atoms with Gasteiger partial charge < -0.3 is 4.74 Å². The third kappa shape index (κ3) is 2.69. The largest absolute Gasteiger partial charge is 0.462 e. The topological polar surface area (TPSA) is 99.1 Å². The molecular weight excluding hydrogens is 370 g/mol. The zero-order chi connectivity index (χ0) is 18.8. The number of hydrogen-bond donors (Lipinski definition) is 2. The molecule has 0 saturated carbocycles. The van der Waals surface area contributed by atoms with E-state index in [1.807, 2.05) is 18.4 Å². The second-order valence-electron chi connectivity index (χ2n) is 5.21. The van der Waals surface area contributed by atoms with Crippen LogP contribution in [-0.4, -0.2) is 26.8 Å². The highest BCUT2D eigenvalue weighted by Gasteiger charge is 2.26. The standard InChI is InChI=1S/C17H15N5O2S2/c1-3-7-21-15-10(9-18)12(11-6-5-8-26-11)13(16(23)24-4-2)14(19)22(15)20-17(21)25/h3,5-8,19H,4H2,1-2H3,(H,20,25)/b7-3+,19-14?. The number of pyridine rings is 1. The average Bonchev–Trinajstić information content (AvgIpc) is 3.25. The molecule has 0 aliphatic rings. The Labute approximate surface area is 157 Å². The Morgan fingerprint density at radius 1 is 1.58 bits per heavy atom. The molecule has 2 N–H and O–H groups in total. The molecule has 9 heteroatoms. The molecule has 0 radical (unpaired) electrons. The van der Waals surface area contributed by atoms with E-state index in [0.29, 0.717) is 20.9 Å². The molecule has 0 amide bonds. The van der Waals surface area contributed by atoms with Crippen molar-refractivity contribution in [2.45, 2.75) is 13.8 Å². The Kier molecular flexibility index (Phi) is 4.88. The molecule has 26 heavy (non-hydrogen) atoms. The summed E-state index contributed by atoms with van der Waals surface area (Å²) in [6.45, 7) is 3.69. The van der Waals surface area contributed by atoms with Gasteiger partial charge in [0.05, 0.1) is 6.61 Å². The van der Waals surface area contributed by atoms with E-state index < -0.39 is 5.97 Å². The maximum absolute atomic E-state index is 12.6. The molecule has 3 rings (SSSR count). The molecular formula is C17H15N5O2S2. The normalized spacial score (nSPS) is 11.1. The number of aromatic amines is 1. The fourth-order valence-electron chi connectivity index (χ4n) is 2.73. The molecule has 3 aromatic rings. The maximum Gasteiger partial charge on any atom is 0.342 e. The van der Waals surface area contributed by atoms with Crippen LogP contribution in [0.1, 0.15) is 29.8 Å². The smallest absolute Gasteiger partial charge is 0.342 e. The highest BCUT2D eigenvalue weighted by Crippen LogP contribution is 2.32. The van der Waals surface area contributed by atoms with Gasteiger partial charge in [0.15, 0.2) is 15.9 Å². The van der Waals surface area contributed by atoms with Gasteiger partial charge in [-0.2, -0.15) is 5.26 Å². The van der Waals surface area contributed by atoms with Crippen molar-refractivity contribution in [2.75, 3.05) is 6.61 Å². The average molecular weight is 385 g/mol. The molecule has 7 nitrogen and oxygen atoms in total. The van der Waals surface area contributed by atoms with E-state index in [-0.39, 0.29) is 23.2 Å². The van der Waals surface area contributed by atoms with Gasteiger partial charge in [0.25, 0.3) is 0 Å². The number of thiophene rings is 1. The van der Waals surface area contributed by atoms with Crippen LogP contribution in [-0.2, 0) is 4.74 Å². The Hall–Kier alpha value is -2.96. The second-order valence-corrected chi connectivity index (χ2v) is 6.55. The number of ether oxygens (including phenoxy) is 1. The third-order valence-electron chi connectivity index (χ3n) is 3.71. The van der Waals surface area contributed by atoms with Crippen molar-refractivity contribution in [1.29, 1.82) is 10.7 Å². The number of allylic oxidation sites excluding steroid dienone is 1. The van der Waals surface area contributed by atoms with Crippen LogP contribution in [0, 0.1) is 21.5 Å². The molecule has 0 atom stereocenters. The van der Waals surface area contributed by atoms with Gasteiger partial charge in [-0.1, -0.05) is 12.1 Å². The van der Waals surface area contributed by atoms with Gasteiger partial charge in [-0.05, 0) is 37.5 Å². The molecule has 132 valence electrons. The Morgan fingerprint density at radius 3 is 2.92 bits per heavy atom. The van der Waals surface area contributed by atoms with Gasteiger partial charge in [-0.3, -0.25) is 15.1 Å². The third-order valence-corrected chi connectivity index (χ3v) is 4.88. The first kappa shape index (κ1) is 17.8. The van der Waals surface area contributed by atoms with Gasteiger partial charge in [0, 0.05) is 16.6 Å². The number of carbonyl (C=O) groups excluding carboxylic acids is 1. The molecule has 0 unspecified atom stereocenters. The molecule has 0 bridgehead atoms. The van der Waals surface area contributed by atoms with Crippen molar-refractivity contribution >= 4 is 41.4 Å². The van der Waals surface area contributed by atoms with Gasteiger partial charge in [-0.25, -0.2) is 9.31 Å². The van der Waals surface area contributed by atoms with Crippen molar-refractivity contribution < 1.29 is 9.53 Å². The minimum absolute atomic E-state index is 0.0345. The van der Waals surface area contributed by atoms with Crippen LogP contribution >= 0.6 is 23.6 Å². The van der Waals surface area contributed by atoms with Crippen LogP contribution < -0.4 is 5.49 Å². The van der Waals surface area contributed by atoms with E-state index >= 15 is 0 Å². The van der Waals surface area contributed by atoms with Crippen molar-refractivity contribution in [3.63, 3.8) is 0 Å². The summed E-state index contributed by atoms with van der Waals surface area (Å²) < 4.78 is 8.40. The summed E-state index contributed by atoms with van der Waals surface area (Å²) in [7, 11) is 0. The predicted molar refractivity (Wildman–Crippen MR) is 101 cm³/mol. The monoisotopic (exact) mass is 385 g/mol. The molecule has 0 fully saturated rings. The van der Waals surface area contributed by atoms with E-state index in [9.17, 15) is 10.1 Å². The lowest BCUT2D eigenvalue weighted by atomic mass is 10.0. The van der Waals surface area contributed by atoms with E-state index in [4.69, 9.17) is 22.4 Å². The van der Waals surface area contributed by atoms with Crippen LogP contribution in [0.3, 0.4) is 0 Å². The van der Waals surface area contributed by atoms with Gasteiger partial charge in [0.1, 0.15) is 17.2 Å². The molecule has 0 aromatic carbocycles. The highest BCUT2D eigenvalue weighted by molar-refractivity contribution is 7.71. The van der Waals surface area contributed by atoms with Crippen LogP contribution in [0.4, 0.5) is 0 Å². The molecule has 3 heterocycles. The van der Waals surface area contributed by atoms with Gasteiger partial charge >= 0.3 is 5.97 Å². The number of nitriles is 1. The Morgan fingerprint density at radius 2 is 2.35 bits per heavy atom. The lowest BCUT2D eigenvalue weighted by molar-refractivity contribution is 0.0524. The summed E-state index contributed by atoms with van der Waals surface area (Å²) in [4.78, 5) is 13.3. The number of fused-ring (bicyclic) bond motifs is 1. The number of hydrogen-bond acceptors (Lipinski definition) is 6. The van der Waals surface area contributed by atoms with Crippen molar-refractivity contribution in [3.8, 4) is 16.5 Å². The summed E-state index contributed by atoms with van der Waals surface area (Å²) in [5.41, 5.74) is 0.953. The molecule has 3 aromatic heterocycles. The number of carbonyl (C=O) groups is 1. The second kappa shape index (κ2) is 7.11. The van der Waals surface area contributed by atoms with Gasteiger partial charge in [-0.15, -0.1) is 11.3 Å². The van der Waals surface area contributed by atoms with E-state index in [1.54, 1.807) is 29.8 Å². The minimum atomic E-state index is -0.648. The molecule has 0 spiro atoms. The van der Waals surface area contributed by atoms with Crippen LogP contribution in [0.15, 0.2) is 23.6 Å². The van der Waals surface area contributed by atoms with Crippen LogP contribution in [0.5, 0.6) is 0 Å². The first-order valence-electron chi connectivity index (χ1n) is 7.76. The van der Waals surface area contributed by atoms with E-state index in [1.165, 1.54) is 15.9 Å². The molecule has 0 aliphatic heterocycles. The number of nitrogens with one attached hydrogen (secondary N) is 2. The number of nitrogens with zero attached hydrogens (tertiary/aromatic N) is 3. The zero-order valence-corrected chi connectivity index (χ0v) is 15.7. The highest BCUT2D eigenvalue weighted by atomic mass is 32.1. The van der Waals surface area contributed by atoms with E-state index in [2.05, 4.69) is 11.2 Å². The number of esters is 1. The lowest BCUT2D eigenvalue weighted by Gasteiger charge is -2.12. The van der Waals surface area contributed by atoms with Crippen molar-refractivity contribution in [3.05, 3.63) is 45.0 Å². The fraction of sp³-hybridized carbons (Fsp3) is 0.176. The maximum atomic E-state index is 12.6. The first-order chi connectivity index (χ1) is 12.5. The quantitative estimate of drug-likeness (QED) is 0.530. The summed E-state index contributed by atoms with van der Waals surface area (Å²) in [5.74, 6) is -0.648. The number of H-pyrrole nitrogens is 1. The summed E-state index contributed by atoms with van der Waals surface area (Å²) in [6, 6.07) is 5.81. The summed E-state index contributed by atoms with van der Waals surface area (Å²) in [6.07, 6.45) is 3.48. The fourth-order valence-corrected chi connectivity index (χ4v) is 3.75. The van der Waals surface area contributed by atoms with Crippen LogP contribution in [0.25, 0.3) is 22.3 Å². The zero-order valence-electron chi connectivity index (χ0n) is 14.1. The van der Waals surface area contributed by atoms with Crippen LogP contribution in [0.2, 0.25) is 0 Å². The van der Waals surface area contributed by atoms with Crippen molar-refractivity contribution in [2.24, 2.45) is 0 Å². The number of rotatable bonds is 4. The lowest BCUT2D eigenvalue weighted by Crippen LogP contribution is -2.26. The predicted octanol–water partition coefficient (Wildman–Crippen LogP) is 3.55. The van der Waals surface area contributed by atoms with Gasteiger partial charge in [0.2, 0.25) is 0 Å². The van der Waals surface area contributed by atoms with E-state index in [0.717, 1.165) is 0 Å². The Bertz CT molecular complexity index is 1170. The minimum Gasteiger partial charge on any atom is -0.462 e. The summed E-state index contributed by atoms with van der Waals surface area (Å²) in [5, 5.41) is 23.1. The summed E-state index contributed by atoms with van der Waals surface area (Å²) >= 11 is 6.70. The Balaban J connectivity index is 2.59. The SMILES string of the molecule is C/C=C/n1c(=S)[nH]n2c(=N)c(C(=O)OCC)c(-c3cccs3)c(C#N)c12. The number of aromatic nitrogens is 3. The van der Waals surface area contributed by atoms with Crippen molar-refractivity contribution in [1.82, 2.24) is 14.2 Å². The molecule has 0 aliphatic carbocycles.